The summed E-state index contributed by atoms with van der Waals surface area (Å²) < 4.78 is 10.5. The molecule has 0 atom stereocenters. The van der Waals surface area contributed by atoms with E-state index in [-0.39, 0.29) is 16.1 Å². The molecule has 1 saturated heterocycles. The largest absolute Gasteiger partial charge is 0.452 e. The Kier molecular flexibility index (Phi) is 7.63. The Labute approximate surface area is 179 Å². The summed E-state index contributed by atoms with van der Waals surface area (Å²) in [5, 5.41) is 14.2. The van der Waals surface area contributed by atoms with Gasteiger partial charge < -0.3 is 14.8 Å². The van der Waals surface area contributed by atoms with E-state index in [4.69, 9.17) is 21.1 Å². The summed E-state index contributed by atoms with van der Waals surface area (Å²) in [4.78, 5) is 37.4. The highest BCUT2D eigenvalue weighted by atomic mass is 35.5. The number of halogens is 1. The third-order valence-electron chi connectivity index (χ3n) is 5.79. The molecule has 1 aromatic rings. The Morgan fingerprint density at radius 3 is 2.60 bits per heavy atom. The molecule has 3 rings (SSSR count). The fourth-order valence-electron chi connectivity index (χ4n) is 4.20. The van der Waals surface area contributed by atoms with Crippen LogP contribution in [0.1, 0.15) is 42.5 Å². The number of nitrogens with zero attached hydrogens (tertiary/aromatic N) is 2. The summed E-state index contributed by atoms with van der Waals surface area (Å²) in [6.07, 6.45) is 5.43. The van der Waals surface area contributed by atoms with E-state index in [2.05, 4.69) is 10.2 Å². The molecule has 0 aromatic heterocycles. The molecule has 30 heavy (non-hydrogen) atoms. The number of carbonyl (C=O) groups is 2. The second-order valence-electron chi connectivity index (χ2n) is 7.66. The summed E-state index contributed by atoms with van der Waals surface area (Å²) in [5.41, 5.74) is -0.799. The lowest BCUT2D eigenvalue weighted by atomic mass is 9.79. The molecule has 1 heterocycles. The topological polar surface area (TPSA) is 111 Å². The summed E-state index contributed by atoms with van der Waals surface area (Å²) in [6.45, 7) is 3.03. The number of rotatable bonds is 7. The first-order valence-corrected chi connectivity index (χ1v) is 10.5. The van der Waals surface area contributed by atoms with E-state index in [1.165, 1.54) is 18.6 Å². The third-order valence-corrected chi connectivity index (χ3v) is 6.03. The van der Waals surface area contributed by atoms with Crippen molar-refractivity contribution in [1.29, 1.82) is 0 Å². The average Bonchev–Trinajstić information content (AvgIpc) is 2.77. The lowest BCUT2D eigenvalue weighted by molar-refractivity contribution is -0.385. The van der Waals surface area contributed by atoms with Crippen molar-refractivity contribution in [2.45, 2.75) is 37.6 Å². The Morgan fingerprint density at radius 1 is 1.23 bits per heavy atom. The van der Waals surface area contributed by atoms with Crippen molar-refractivity contribution < 1.29 is 24.0 Å². The van der Waals surface area contributed by atoms with Crippen LogP contribution in [0.5, 0.6) is 0 Å². The normalized spacial score (nSPS) is 19.1. The lowest BCUT2D eigenvalue weighted by Crippen LogP contribution is -2.59. The maximum absolute atomic E-state index is 12.3. The summed E-state index contributed by atoms with van der Waals surface area (Å²) >= 11 is 5.75. The van der Waals surface area contributed by atoms with E-state index in [0.29, 0.717) is 19.8 Å². The number of ether oxygens (including phenoxy) is 2. The second-order valence-corrected chi connectivity index (χ2v) is 8.09. The quantitative estimate of drug-likeness (QED) is 0.394. The van der Waals surface area contributed by atoms with Crippen molar-refractivity contribution in [3.05, 3.63) is 38.9 Å². The van der Waals surface area contributed by atoms with Gasteiger partial charge in [0.25, 0.3) is 11.6 Å². The second kappa shape index (κ2) is 10.2. The van der Waals surface area contributed by atoms with Gasteiger partial charge in [-0.1, -0.05) is 30.9 Å². The van der Waals surface area contributed by atoms with Crippen LogP contribution in [0.3, 0.4) is 0 Å². The molecule has 0 spiro atoms. The highest BCUT2D eigenvalue weighted by Gasteiger charge is 2.38. The number of carbonyl (C=O) groups excluding carboxylic acids is 2. The number of nitrogens with one attached hydrogen (secondary N) is 1. The zero-order valence-corrected chi connectivity index (χ0v) is 17.5. The molecule has 164 valence electrons. The molecule has 2 fully saturated rings. The van der Waals surface area contributed by atoms with Gasteiger partial charge in [0.1, 0.15) is 5.56 Å². The number of esters is 1. The number of nitro benzene ring substituents is 1. The Hall–Kier alpha value is -2.23. The number of morpholine rings is 1. The lowest BCUT2D eigenvalue weighted by Gasteiger charge is -2.48. The molecule has 1 aromatic carbocycles. The van der Waals surface area contributed by atoms with Gasteiger partial charge in [-0.05, 0) is 25.0 Å². The number of amides is 1. The van der Waals surface area contributed by atoms with Crippen LogP contribution in [0.15, 0.2) is 18.2 Å². The number of benzene rings is 1. The van der Waals surface area contributed by atoms with Gasteiger partial charge in [0.05, 0.1) is 18.1 Å². The van der Waals surface area contributed by atoms with Crippen LogP contribution in [0, 0.1) is 10.1 Å². The van der Waals surface area contributed by atoms with Crippen molar-refractivity contribution in [2.75, 3.05) is 39.5 Å². The van der Waals surface area contributed by atoms with Crippen LogP contribution >= 0.6 is 11.6 Å². The van der Waals surface area contributed by atoms with Crippen molar-refractivity contribution in [1.82, 2.24) is 10.2 Å². The molecule has 1 saturated carbocycles. The van der Waals surface area contributed by atoms with E-state index in [1.807, 2.05) is 0 Å². The predicted molar refractivity (Wildman–Crippen MR) is 110 cm³/mol. The van der Waals surface area contributed by atoms with E-state index in [0.717, 1.165) is 44.8 Å². The monoisotopic (exact) mass is 439 g/mol. The van der Waals surface area contributed by atoms with Gasteiger partial charge in [-0.25, -0.2) is 4.79 Å². The van der Waals surface area contributed by atoms with Crippen LogP contribution in [0.4, 0.5) is 5.69 Å². The minimum Gasteiger partial charge on any atom is -0.452 e. The number of nitro groups is 1. The van der Waals surface area contributed by atoms with Crippen LogP contribution in [0.25, 0.3) is 0 Å². The number of hydrogen-bond acceptors (Lipinski definition) is 7. The molecule has 2 aliphatic rings. The van der Waals surface area contributed by atoms with Crippen LogP contribution in [-0.2, 0) is 14.3 Å². The molecular formula is C20H26ClN3O6. The number of hydrogen-bond donors (Lipinski definition) is 1. The van der Waals surface area contributed by atoms with Crippen LogP contribution < -0.4 is 5.32 Å². The third kappa shape index (κ3) is 5.47. The molecule has 9 nitrogen and oxygen atoms in total. The molecule has 1 aliphatic heterocycles. The van der Waals surface area contributed by atoms with Gasteiger partial charge in [0, 0.05) is 36.3 Å². The molecule has 0 radical (unpaired) electrons. The maximum Gasteiger partial charge on any atom is 0.345 e. The SMILES string of the molecule is O=C(COC(=O)c1ccc(Cl)cc1[N+](=O)[O-])NCC1(N2CCOCC2)CCCCC1. The van der Waals surface area contributed by atoms with Gasteiger partial charge in [0.15, 0.2) is 6.61 Å². The Morgan fingerprint density at radius 2 is 1.93 bits per heavy atom. The molecule has 1 aliphatic carbocycles. The van der Waals surface area contributed by atoms with E-state index < -0.39 is 29.1 Å². The van der Waals surface area contributed by atoms with Crippen molar-refractivity contribution in [3.8, 4) is 0 Å². The zero-order valence-electron chi connectivity index (χ0n) is 16.7. The average molecular weight is 440 g/mol. The molecule has 0 unspecified atom stereocenters. The molecule has 1 N–H and O–H groups in total. The highest BCUT2D eigenvalue weighted by molar-refractivity contribution is 6.31. The van der Waals surface area contributed by atoms with Crippen LogP contribution in [0.2, 0.25) is 5.02 Å². The van der Waals surface area contributed by atoms with E-state index in [9.17, 15) is 19.7 Å². The maximum atomic E-state index is 12.3. The minimum absolute atomic E-state index is 0.101. The van der Waals surface area contributed by atoms with Gasteiger partial charge >= 0.3 is 5.97 Å². The van der Waals surface area contributed by atoms with E-state index >= 15 is 0 Å². The van der Waals surface area contributed by atoms with E-state index in [1.54, 1.807) is 0 Å². The van der Waals surface area contributed by atoms with Gasteiger partial charge in [-0.2, -0.15) is 0 Å². The molecule has 10 heteroatoms. The van der Waals surface area contributed by atoms with Crippen molar-refractivity contribution in [2.24, 2.45) is 0 Å². The van der Waals surface area contributed by atoms with Crippen LogP contribution in [-0.4, -0.2) is 66.7 Å². The van der Waals surface area contributed by atoms with Gasteiger partial charge in [0.2, 0.25) is 0 Å². The molecule has 0 bridgehead atoms. The zero-order chi connectivity index (χ0) is 21.6. The van der Waals surface area contributed by atoms with Crippen molar-refractivity contribution >= 4 is 29.2 Å². The standard InChI is InChI=1S/C20H26ClN3O6/c21-15-4-5-16(17(12-15)24(27)28)19(26)30-13-18(25)22-14-20(6-2-1-3-7-20)23-8-10-29-11-9-23/h4-5,12H,1-3,6-11,13-14H2,(H,22,25). The molecular weight excluding hydrogens is 414 g/mol. The first-order chi connectivity index (χ1) is 14.4. The first-order valence-electron chi connectivity index (χ1n) is 10.1. The highest BCUT2D eigenvalue weighted by Crippen LogP contribution is 2.33. The predicted octanol–water partition coefficient (Wildman–Crippen LogP) is 2.56. The fraction of sp³-hybridized carbons (Fsp3) is 0.600. The fourth-order valence-corrected chi connectivity index (χ4v) is 4.37. The van der Waals surface area contributed by atoms with Gasteiger partial charge in [-0.3, -0.25) is 19.8 Å². The Balaban J connectivity index is 1.56. The summed E-state index contributed by atoms with van der Waals surface area (Å²) in [5.74, 6) is -1.37. The summed E-state index contributed by atoms with van der Waals surface area (Å²) in [6, 6.07) is 3.66. The summed E-state index contributed by atoms with van der Waals surface area (Å²) in [7, 11) is 0. The minimum atomic E-state index is -0.936. The first kappa shape index (κ1) is 22.5. The molecule has 1 amide bonds. The van der Waals surface area contributed by atoms with Gasteiger partial charge in [-0.15, -0.1) is 0 Å². The smallest absolute Gasteiger partial charge is 0.345 e. The van der Waals surface area contributed by atoms with Crippen molar-refractivity contribution in [3.63, 3.8) is 0 Å². The Bertz CT molecular complexity index is 791.